The second-order valence-corrected chi connectivity index (χ2v) is 4.96. The van der Waals surface area contributed by atoms with E-state index >= 15 is 0 Å². The Morgan fingerprint density at radius 1 is 1.35 bits per heavy atom. The highest BCUT2D eigenvalue weighted by molar-refractivity contribution is 6.01. The van der Waals surface area contributed by atoms with Gasteiger partial charge in [-0.1, -0.05) is 12.8 Å². The first-order valence-corrected chi connectivity index (χ1v) is 6.90. The second-order valence-electron chi connectivity index (χ2n) is 4.96. The van der Waals surface area contributed by atoms with Crippen LogP contribution in [0.1, 0.15) is 32.6 Å². The number of nitrogens with two attached hydrogens (primary N) is 1. The van der Waals surface area contributed by atoms with Crippen molar-refractivity contribution in [1.29, 1.82) is 0 Å². The molecule has 0 spiro atoms. The monoisotopic (exact) mass is 286 g/mol. The molecule has 0 aliphatic heterocycles. The summed E-state index contributed by atoms with van der Waals surface area (Å²) in [6.07, 6.45) is 3.23. The van der Waals surface area contributed by atoms with Gasteiger partial charge in [0, 0.05) is 6.54 Å². The number of carboxylic acids is 1. The summed E-state index contributed by atoms with van der Waals surface area (Å²) in [6.45, 7) is 2.01. The fourth-order valence-corrected chi connectivity index (χ4v) is 2.46. The summed E-state index contributed by atoms with van der Waals surface area (Å²) < 4.78 is 4.66. The zero-order valence-corrected chi connectivity index (χ0v) is 11.6. The van der Waals surface area contributed by atoms with Gasteiger partial charge in [0.2, 0.25) is 5.91 Å². The molecule has 0 bridgehead atoms. The lowest BCUT2D eigenvalue weighted by atomic mass is 9.79. The van der Waals surface area contributed by atoms with Gasteiger partial charge in [-0.3, -0.25) is 9.59 Å². The molecule has 1 amide bonds. The molecule has 1 aliphatic carbocycles. The van der Waals surface area contributed by atoms with Gasteiger partial charge in [0.25, 0.3) is 0 Å². The minimum atomic E-state index is -1.36. The minimum Gasteiger partial charge on any atom is -0.481 e. The quantitative estimate of drug-likeness (QED) is 0.463. The van der Waals surface area contributed by atoms with Gasteiger partial charge in [-0.25, -0.2) is 4.79 Å². The molecule has 114 valence electrons. The van der Waals surface area contributed by atoms with Crippen molar-refractivity contribution in [1.82, 2.24) is 5.32 Å². The fourth-order valence-electron chi connectivity index (χ4n) is 2.46. The zero-order chi connectivity index (χ0) is 15.1. The van der Waals surface area contributed by atoms with Crippen molar-refractivity contribution in [2.45, 2.75) is 38.6 Å². The van der Waals surface area contributed by atoms with Crippen molar-refractivity contribution in [2.24, 2.45) is 17.6 Å². The minimum absolute atomic E-state index is 0.111. The van der Waals surface area contributed by atoms with Gasteiger partial charge in [-0.15, -0.1) is 0 Å². The Labute approximate surface area is 117 Å². The summed E-state index contributed by atoms with van der Waals surface area (Å²) in [5.74, 6) is -2.79. The zero-order valence-electron chi connectivity index (χ0n) is 11.6. The van der Waals surface area contributed by atoms with Crippen molar-refractivity contribution in [3.8, 4) is 0 Å². The van der Waals surface area contributed by atoms with Crippen molar-refractivity contribution in [2.75, 3.05) is 13.2 Å². The van der Waals surface area contributed by atoms with E-state index in [2.05, 4.69) is 10.1 Å². The number of aliphatic carboxylic acids is 1. The predicted molar refractivity (Wildman–Crippen MR) is 70.7 cm³/mol. The number of esters is 1. The third-order valence-electron chi connectivity index (χ3n) is 3.59. The number of nitrogens with one attached hydrogen (secondary N) is 1. The van der Waals surface area contributed by atoms with Crippen LogP contribution in [0, 0.1) is 11.8 Å². The summed E-state index contributed by atoms with van der Waals surface area (Å²) in [5.41, 5.74) is 5.45. The summed E-state index contributed by atoms with van der Waals surface area (Å²) in [5, 5.41) is 11.7. The van der Waals surface area contributed by atoms with Crippen LogP contribution in [0.2, 0.25) is 0 Å². The molecule has 0 aromatic rings. The van der Waals surface area contributed by atoms with Gasteiger partial charge in [-0.05, 0) is 25.7 Å². The van der Waals surface area contributed by atoms with Crippen LogP contribution in [0.25, 0.3) is 0 Å². The topological polar surface area (TPSA) is 119 Å². The number of hydrogen-bond acceptors (Lipinski definition) is 5. The van der Waals surface area contributed by atoms with Crippen LogP contribution in [0.4, 0.5) is 0 Å². The average molecular weight is 286 g/mol. The van der Waals surface area contributed by atoms with Crippen LogP contribution in [0.3, 0.4) is 0 Å². The third kappa shape index (κ3) is 4.48. The number of hydrogen-bond donors (Lipinski definition) is 3. The maximum atomic E-state index is 11.7. The van der Waals surface area contributed by atoms with E-state index in [0.29, 0.717) is 6.42 Å². The molecule has 1 rings (SSSR count). The summed E-state index contributed by atoms with van der Waals surface area (Å²) in [7, 11) is 0. The Balaban J connectivity index is 2.46. The molecule has 1 fully saturated rings. The first-order chi connectivity index (χ1) is 9.47. The van der Waals surface area contributed by atoms with Crippen LogP contribution in [-0.4, -0.2) is 42.1 Å². The standard InChI is InChI=1S/C13H22N2O5/c1-2-20-13(19)10(14)11(16)15-7-8-5-3-4-6-9(8)12(17)18/h8-10H,2-7,14H2,1H3,(H,15,16)(H,17,18). The molecule has 3 atom stereocenters. The number of carbonyl (C=O) groups is 3. The normalized spacial score (nSPS) is 23.7. The highest BCUT2D eigenvalue weighted by Crippen LogP contribution is 2.29. The summed E-state index contributed by atoms with van der Waals surface area (Å²) >= 11 is 0. The van der Waals surface area contributed by atoms with Gasteiger partial charge in [0.1, 0.15) is 0 Å². The molecule has 0 saturated heterocycles. The van der Waals surface area contributed by atoms with Crippen LogP contribution in [0.15, 0.2) is 0 Å². The highest BCUT2D eigenvalue weighted by Gasteiger charge is 2.32. The Morgan fingerprint density at radius 2 is 2.00 bits per heavy atom. The highest BCUT2D eigenvalue weighted by atomic mass is 16.5. The van der Waals surface area contributed by atoms with Gasteiger partial charge < -0.3 is 20.9 Å². The van der Waals surface area contributed by atoms with E-state index in [1.54, 1.807) is 6.92 Å². The molecule has 20 heavy (non-hydrogen) atoms. The maximum Gasteiger partial charge on any atom is 0.332 e. The Bertz CT molecular complexity index is 372. The van der Waals surface area contributed by atoms with Crippen LogP contribution >= 0.6 is 0 Å². The lowest BCUT2D eigenvalue weighted by molar-refractivity contribution is -0.149. The van der Waals surface area contributed by atoms with Gasteiger partial charge in [-0.2, -0.15) is 0 Å². The second kappa shape index (κ2) is 7.84. The van der Waals surface area contributed by atoms with E-state index in [0.717, 1.165) is 19.3 Å². The molecule has 0 heterocycles. The van der Waals surface area contributed by atoms with Crippen molar-refractivity contribution >= 4 is 17.8 Å². The lowest BCUT2D eigenvalue weighted by Gasteiger charge is -2.28. The molecule has 0 aromatic heterocycles. The van der Waals surface area contributed by atoms with E-state index in [-0.39, 0.29) is 19.1 Å². The maximum absolute atomic E-state index is 11.7. The molecule has 4 N–H and O–H groups in total. The molecule has 0 radical (unpaired) electrons. The van der Waals surface area contributed by atoms with Gasteiger partial charge in [0.05, 0.1) is 12.5 Å². The molecule has 7 nitrogen and oxygen atoms in total. The average Bonchev–Trinajstić information content (AvgIpc) is 2.44. The van der Waals surface area contributed by atoms with E-state index in [1.807, 2.05) is 0 Å². The van der Waals surface area contributed by atoms with E-state index < -0.39 is 29.8 Å². The first kappa shape index (κ1) is 16.4. The van der Waals surface area contributed by atoms with Crippen LogP contribution in [0.5, 0.6) is 0 Å². The molecular formula is C13H22N2O5. The fraction of sp³-hybridized carbons (Fsp3) is 0.769. The van der Waals surface area contributed by atoms with Gasteiger partial charge >= 0.3 is 11.9 Å². The third-order valence-corrected chi connectivity index (χ3v) is 3.59. The number of carbonyl (C=O) groups excluding carboxylic acids is 2. The van der Waals surface area contributed by atoms with Crippen LogP contribution in [-0.2, 0) is 19.1 Å². The Hall–Kier alpha value is -1.63. The summed E-state index contributed by atoms with van der Waals surface area (Å²) in [4.78, 5) is 34.1. The summed E-state index contributed by atoms with van der Waals surface area (Å²) in [6, 6.07) is -1.36. The SMILES string of the molecule is CCOC(=O)C(N)C(=O)NCC1CCCCC1C(=O)O. The van der Waals surface area contributed by atoms with E-state index in [9.17, 15) is 14.4 Å². The predicted octanol–water partition coefficient (Wildman–Crippen LogP) is -0.116. The van der Waals surface area contributed by atoms with Crippen molar-refractivity contribution in [3.63, 3.8) is 0 Å². The van der Waals surface area contributed by atoms with E-state index in [4.69, 9.17) is 10.8 Å². The van der Waals surface area contributed by atoms with E-state index in [1.165, 1.54) is 0 Å². The Kier molecular flexibility index (Phi) is 6.44. The number of ether oxygens (including phenoxy) is 1. The van der Waals surface area contributed by atoms with Crippen LogP contribution < -0.4 is 11.1 Å². The molecule has 1 aliphatic rings. The van der Waals surface area contributed by atoms with Gasteiger partial charge in [0.15, 0.2) is 6.04 Å². The molecule has 1 saturated carbocycles. The molecule has 0 aromatic carbocycles. The number of amides is 1. The van der Waals surface area contributed by atoms with Crippen molar-refractivity contribution < 1.29 is 24.2 Å². The largest absolute Gasteiger partial charge is 0.481 e. The Morgan fingerprint density at radius 3 is 2.60 bits per heavy atom. The number of carboxylic acid groups (broad SMARTS) is 1. The molecular weight excluding hydrogens is 264 g/mol. The van der Waals surface area contributed by atoms with Crippen molar-refractivity contribution in [3.05, 3.63) is 0 Å². The molecule has 3 unspecified atom stereocenters. The number of rotatable bonds is 6. The smallest absolute Gasteiger partial charge is 0.332 e. The molecule has 7 heteroatoms. The first-order valence-electron chi connectivity index (χ1n) is 6.90. The lowest BCUT2D eigenvalue weighted by Crippen LogP contribution is -2.49.